The number of carbonyl (C=O) groups is 1. The minimum absolute atomic E-state index is 0. The molecule has 1 aromatic rings. The Hall–Kier alpha value is -1.09. The molecule has 132 valence electrons. The summed E-state index contributed by atoms with van der Waals surface area (Å²) in [6.45, 7) is 4.67. The molecule has 2 N–H and O–H groups in total. The molecule has 2 rings (SSSR count). The first kappa shape index (κ1) is 20.0. The molecule has 1 atom stereocenters. The second-order valence-electron chi connectivity index (χ2n) is 6.39. The Kier molecular flexibility index (Phi) is 5.90. The number of aromatic nitrogens is 1. The van der Waals surface area contributed by atoms with Crippen molar-refractivity contribution < 1.29 is 17.9 Å². The Morgan fingerprint density at radius 3 is 2.57 bits per heavy atom. The van der Waals surface area contributed by atoms with Crippen LogP contribution < -0.4 is 5.73 Å². The molecule has 0 amide bonds. The standard InChI is InChI=1S/C14H23N3O4S.ClH/c1-14(2)9-17(6-5-12(14)15)22(19,20)10-7-11(13(18)21-4)16(3)8-10;/h7-8,12H,5-6,9,15H2,1-4H3;1H. The van der Waals surface area contributed by atoms with Gasteiger partial charge in [0.1, 0.15) is 10.6 Å². The number of carbonyl (C=O) groups excluding carboxylic acids is 1. The van der Waals surface area contributed by atoms with E-state index >= 15 is 0 Å². The second-order valence-corrected chi connectivity index (χ2v) is 8.32. The van der Waals surface area contributed by atoms with Crippen molar-refractivity contribution in [3.05, 3.63) is 18.0 Å². The van der Waals surface area contributed by atoms with Crippen molar-refractivity contribution in [3.8, 4) is 0 Å². The van der Waals surface area contributed by atoms with Crippen LogP contribution in [0.25, 0.3) is 0 Å². The lowest BCUT2D eigenvalue weighted by Crippen LogP contribution is -2.53. The molecule has 1 aliphatic rings. The van der Waals surface area contributed by atoms with Crippen LogP contribution in [-0.2, 0) is 21.8 Å². The highest BCUT2D eigenvalue weighted by molar-refractivity contribution is 7.89. The molecule has 1 fully saturated rings. The summed E-state index contributed by atoms with van der Waals surface area (Å²) in [4.78, 5) is 11.7. The van der Waals surface area contributed by atoms with E-state index in [2.05, 4.69) is 4.74 Å². The molecule has 1 aliphatic heterocycles. The lowest BCUT2D eigenvalue weighted by molar-refractivity contribution is 0.0590. The third kappa shape index (κ3) is 3.71. The first-order valence-corrected chi connectivity index (χ1v) is 8.54. The largest absolute Gasteiger partial charge is 0.464 e. The molecular weight excluding hydrogens is 342 g/mol. The molecule has 0 aliphatic carbocycles. The lowest BCUT2D eigenvalue weighted by Gasteiger charge is -2.41. The van der Waals surface area contributed by atoms with Crippen molar-refractivity contribution in [2.75, 3.05) is 20.2 Å². The zero-order valence-corrected chi connectivity index (χ0v) is 15.4. The first-order valence-electron chi connectivity index (χ1n) is 7.10. The molecule has 9 heteroatoms. The van der Waals surface area contributed by atoms with Crippen LogP contribution in [0.3, 0.4) is 0 Å². The summed E-state index contributed by atoms with van der Waals surface area (Å²) in [5.74, 6) is -0.565. The van der Waals surface area contributed by atoms with Gasteiger partial charge in [0.2, 0.25) is 10.0 Å². The van der Waals surface area contributed by atoms with E-state index in [9.17, 15) is 13.2 Å². The molecule has 0 aromatic carbocycles. The highest BCUT2D eigenvalue weighted by atomic mass is 35.5. The van der Waals surface area contributed by atoms with Gasteiger partial charge in [-0.05, 0) is 17.9 Å². The first-order chi connectivity index (χ1) is 10.1. The number of hydrogen-bond acceptors (Lipinski definition) is 5. The Labute approximate surface area is 143 Å². The third-order valence-electron chi connectivity index (χ3n) is 4.29. The van der Waals surface area contributed by atoms with E-state index in [1.165, 1.54) is 28.2 Å². The summed E-state index contributed by atoms with van der Waals surface area (Å²) in [7, 11) is -0.776. The van der Waals surface area contributed by atoms with E-state index in [1.807, 2.05) is 13.8 Å². The van der Waals surface area contributed by atoms with Crippen molar-refractivity contribution >= 4 is 28.4 Å². The van der Waals surface area contributed by atoms with Gasteiger partial charge in [-0.3, -0.25) is 0 Å². The Morgan fingerprint density at radius 2 is 2.04 bits per heavy atom. The third-order valence-corrected chi connectivity index (χ3v) is 6.10. The highest BCUT2D eigenvalue weighted by Crippen LogP contribution is 2.31. The number of sulfonamides is 1. The molecule has 0 spiro atoms. The summed E-state index contributed by atoms with van der Waals surface area (Å²) in [5.41, 5.74) is 5.97. The molecule has 0 saturated carbocycles. The van der Waals surface area contributed by atoms with Crippen molar-refractivity contribution in [2.24, 2.45) is 18.2 Å². The molecule has 1 unspecified atom stereocenters. The van der Waals surface area contributed by atoms with Crippen LogP contribution in [0.1, 0.15) is 30.8 Å². The van der Waals surface area contributed by atoms with Gasteiger partial charge in [-0.25, -0.2) is 13.2 Å². The predicted molar refractivity (Wildman–Crippen MR) is 89.1 cm³/mol. The lowest BCUT2D eigenvalue weighted by atomic mass is 9.81. The predicted octanol–water partition coefficient (Wildman–Crippen LogP) is 0.981. The van der Waals surface area contributed by atoms with Crippen LogP contribution in [0, 0.1) is 5.41 Å². The van der Waals surface area contributed by atoms with Crippen LogP contribution in [-0.4, -0.2) is 49.5 Å². The van der Waals surface area contributed by atoms with Gasteiger partial charge in [0.05, 0.1) is 7.11 Å². The SMILES string of the molecule is COC(=O)c1cc(S(=O)(=O)N2CCC(N)C(C)(C)C2)cn1C.Cl. The van der Waals surface area contributed by atoms with Gasteiger partial charge in [0.25, 0.3) is 0 Å². The number of methoxy groups -OCH3 is 1. The number of piperidine rings is 1. The van der Waals surface area contributed by atoms with Crippen molar-refractivity contribution in [2.45, 2.75) is 31.2 Å². The topological polar surface area (TPSA) is 94.6 Å². The number of aryl methyl sites for hydroxylation is 1. The summed E-state index contributed by atoms with van der Waals surface area (Å²) in [6, 6.07) is 1.32. The second kappa shape index (κ2) is 6.80. The average Bonchev–Trinajstić information content (AvgIpc) is 2.83. The minimum Gasteiger partial charge on any atom is -0.464 e. The molecule has 0 bridgehead atoms. The van der Waals surface area contributed by atoms with E-state index in [1.54, 1.807) is 7.05 Å². The van der Waals surface area contributed by atoms with Crippen LogP contribution in [0.5, 0.6) is 0 Å². The summed E-state index contributed by atoms with van der Waals surface area (Å²) < 4.78 is 33.1. The van der Waals surface area contributed by atoms with Crippen LogP contribution in [0.2, 0.25) is 0 Å². The number of halogens is 1. The molecule has 23 heavy (non-hydrogen) atoms. The fraction of sp³-hybridized carbons (Fsp3) is 0.643. The molecule has 2 heterocycles. The van der Waals surface area contributed by atoms with Gasteiger partial charge in [0.15, 0.2) is 0 Å². The smallest absolute Gasteiger partial charge is 0.354 e. The zero-order valence-electron chi connectivity index (χ0n) is 13.8. The number of ether oxygens (including phenoxy) is 1. The summed E-state index contributed by atoms with van der Waals surface area (Å²) in [6.07, 6.45) is 2.05. The van der Waals surface area contributed by atoms with E-state index < -0.39 is 16.0 Å². The number of nitrogens with two attached hydrogens (primary N) is 1. The maximum atomic E-state index is 12.8. The quantitative estimate of drug-likeness (QED) is 0.806. The van der Waals surface area contributed by atoms with Crippen molar-refractivity contribution in [1.82, 2.24) is 8.87 Å². The number of nitrogens with zero attached hydrogens (tertiary/aromatic N) is 2. The average molecular weight is 366 g/mol. The molecule has 1 aromatic heterocycles. The van der Waals surface area contributed by atoms with Crippen LogP contribution in [0.15, 0.2) is 17.2 Å². The maximum Gasteiger partial charge on any atom is 0.354 e. The fourth-order valence-electron chi connectivity index (χ4n) is 2.66. The number of rotatable bonds is 3. The van der Waals surface area contributed by atoms with E-state index in [-0.39, 0.29) is 34.5 Å². The van der Waals surface area contributed by atoms with Gasteiger partial charge in [-0.2, -0.15) is 4.31 Å². The fourth-order valence-corrected chi connectivity index (χ4v) is 4.36. The normalized spacial score (nSPS) is 21.5. The highest BCUT2D eigenvalue weighted by Gasteiger charge is 2.39. The van der Waals surface area contributed by atoms with E-state index in [0.717, 1.165) is 0 Å². The van der Waals surface area contributed by atoms with E-state index in [0.29, 0.717) is 19.5 Å². The summed E-state index contributed by atoms with van der Waals surface area (Å²) in [5, 5.41) is 0. The van der Waals surface area contributed by atoms with Crippen molar-refractivity contribution in [3.63, 3.8) is 0 Å². The zero-order chi connectivity index (χ0) is 16.7. The van der Waals surface area contributed by atoms with Gasteiger partial charge < -0.3 is 15.0 Å². The van der Waals surface area contributed by atoms with Gasteiger partial charge in [0, 0.05) is 32.4 Å². The van der Waals surface area contributed by atoms with E-state index in [4.69, 9.17) is 5.73 Å². The molecule has 0 radical (unpaired) electrons. The minimum atomic E-state index is -3.65. The number of hydrogen-bond donors (Lipinski definition) is 1. The Morgan fingerprint density at radius 1 is 1.43 bits per heavy atom. The molecule has 1 saturated heterocycles. The molecular formula is C14H24ClN3O4S. The van der Waals surface area contributed by atoms with Crippen molar-refractivity contribution in [1.29, 1.82) is 0 Å². The molecule has 7 nitrogen and oxygen atoms in total. The van der Waals surface area contributed by atoms with Gasteiger partial charge in [-0.15, -0.1) is 12.4 Å². The van der Waals surface area contributed by atoms with Crippen LogP contribution in [0.4, 0.5) is 0 Å². The monoisotopic (exact) mass is 365 g/mol. The van der Waals surface area contributed by atoms with Gasteiger partial charge in [-0.1, -0.05) is 13.8 Å². The maximum absolute atomic E-state index is 12.8. The Balaban J connectivity index is 0.00000264. The van der Waals surface area contributed by atoms with Crippen LogP contribution >= 0.6 is 12.4 Å². The summed E-state index contributed by atoms with van der Waals surface area (Å²) >= 11 is 0. The number of esters is 1. The van der Waals surface area contributed by atoms with Gasteiger partial charge >= 0.3 is 5.97 Å². The Bertz CT molecular complexity index is 684.